The van der Waals surface area contributed by atoms with Crippen molar-refractivity contribution in [1.82, 2.24) is 4.98 Å². The van der Waals surface area contributed by atoms with Gasteiger partial charge in [-0.15, -0.1) is 0 Å². The molecule has 1 heterocycles. The van der Waals surface area contributed by atoms with E-state index in [1.165, 1.54) is 12.8 Å². The van der Waals surface area contributed by atoms with E-state index < -0.39 is 0 Å². The second-order valence-corrected chi connectivity index (χ2v) is 3.55. The second kappa shape index (κ2) is 4.10. The van der Waals surface area contributed by atoms with Gasteiger partial charge in [0.15, 0.2) is 0 Å². The fraction of sp³-hybridized carbons (Fsp3) is 0.455. The van der Waals surface area contributed by atoms with Gasteiger partial charge in [0.05, 0.1) is 6.61 Å². The van der Waals surface area contributed by atoms with Crippen molar-refractivity contribution in [2.45, 2.75) is 19.3 Å². The molecule has 1 aromatic rings. The van der Waals surface area contributed by atoms with Gasteiger partial charge in [0.2, 0.25) is 5.88 Å². The topological polar surface area (TPSA) is 45.9 Å². The molecule has 0 spiro atoms. The van der Waals surface area contributed by atoms with Gasteiger partial charge in [0, 0.05) is 6.07 Å². The minimum absolute atomic E-state index is 0.411. The number of ether oxygens (including phenoxy) is 1. The van der Waals surface area contributed by atoms with Crippen LogP contribution in [0.3, 0.4) is 0 Å². The Balaban J connectivity index is 1.85. The highest BCUT2D eigenvalue weighted by Crippen LogP contribution is 2.32. The lowest BCUT2D eigenvalue weighted by Crippen LogP contribution is -2.00. The van der Waals surface area contributed by atoms with Gasteiger partial charge in [-0.1, -0.05) is 18.9 Å². The summed E-state index contributed by atoms with van der Waals surface area (Å²) in [5.74, 6) is 1.43. The number of nitrogens with zero attached hydrogens (tertiary/aromatic N) is 2. The van der Waals surface area contributed by atoms with Crippen LogP contribution in [0.15, 0.2) is 18.2 Å². The number of nitriles is 1. The minimum Gasteiger partial charge on any atom is -0.478 e. The molecule has 1 aromatic heterocycles. The Labute approximate surface area is 83.3 Å². The Morgan fingerprint density at radius 2 is 2.36 bits per heavy atom. The maximum absolute atomic E-state index is 8.62. The standard InChI is InChI=1S/C11H12N2O/c12-8-10-2-1-3-11(13-10)14-7-6-9-4-5-9/h1-3,9H,4-7H2. The Bertz CT molecular complexity index is 353. The monoisotopic (exact) mass is 188 g/mol. The average molecular weight is 188 g/mol. The first kappa shape index (κ1) is 9.01. The van der Waals surface area contributed by atoms with Crippen molar-refractivity contribution in [2.75, 3.05) is 6.61 Å². The predicted molar refractivity (Wildman–Crippen MR) is 51.8 cm³/mol. The average Bonchev–Trinajstić information content (AvgIpc) is 3.02. The quantitative estimate of drug-likeness (QED) is 0.727. The lowest BCUT2D eigenvalue weighted by Gasteiger charge is -2.03. The van der Waals surface area contributed by atoms with E-state index in [-0.39, 0.29) is 0 Å². The molecule has 0 bridgehead atoms. The largest absolute Gasteiger partial charge is 0.478 e. The third-order valence-corrected chi connectivity index (χ3v) is 2.31. The molecule has 72 valence electrons. The third kappa shape index (κ3) is 2.46. The summed E-state index contributed by atoms with van der Waals surface area (Å²) >= 11 is 0. The normalized spacial score (nSPS) is 14.8. The van der Waals surface area contributed by atoms with Crippen molar-refractivity contribution in [3.8, 4) is 11.9 Å². The van der Waals surface area contributed by atoms with Crippen LogP contribution < -0.4 is 4.74 Å². The molecule has 0 atom stereocenters. The van der Waals surface area contributed by atoms with Gasteiger partial charge in [-0.05, 0) is 18.4 Å². The molecule has 0 radical (unpaired) electrons. The molecule has 3 heteroatoms. The first-order chi connectivity index (χ1) is 6.88. The van der Waals surface area contributed by atoms with Gasteiger partial charge < -0.3 is 4.74 Å². The minimum atomic E-state index is 0.411. The Hall–Kier alpha value is -1.56. The summed E-state index contributed by atoms with van der Waals surface area (Å²) in [6.07, 6.45) is 3.79. The fourth-order valence-electron chi connectivity index (χ4n) is 1.29. The molecular weight excluding hydrogens is 176 g/mol. The van der Waals surface area contributed by atoms with Crippen LogP contribution in [0.5, 0.6) is 5.88 Å². The smallest absolute Gasteiger partial charge is 0.214 e. The highest BCUT2D eigenvalue weighted by atomic mass is 16.5. The number of pyridine rings is 1. The molecule has 0 saturated heterocycles. The van der Waals surface area contributed by atoms with Crippen LogP contribution in [0, 0.1) is 17.2 Å². The lowest BCUT2D eigenvalue weighted by molar-refractivity contribution is 0.291. The van der Waals surface area contributed by atoms with Crippen LogP contribution in [0.1, 0.15) is 25.0 Å². The number of hydrogen-bond acceptors (Lipinski definition) is 3. The van der Waals surface area contributed by atoms with E-state index in [0.717, 1.165) is 12.3 Å². The molecule has 0 aliphatic heterocycles. The molecule has 2 rings (SSSR count). The van der Waals surface area contributed by atoms with Gasteiger partial charge >= 0.3 is 0 Å². The molecule has 0 amide bonds. The maximum Gasteiger partial charge on any atom is 0.214 e. The van der Waals surface area contributed by atoms with Gasteiger partial charge in [-0.2, -0.15) is 5.26 Å². The van der Waals surface area contributed by atoms with E-state index in [9.17, 15) is 0 Å². The molecule has 1 fully saturated rings. The molecule has 0 N–H and O–H groups in total. The van der Waals surface area contributed by atoms with Crippen LogP contribution >= 0.6 is 0 Å². The molecule has 14 heavy (non-hydrogen) atoms. The summed E-state index contributed by atoms with van der Waals surface area (Å²) in [5, 5.41) is 8.62. The Morgan fingerprint density at radius 3 is 3.07 bits per heavy atom. The van der Waals surface area contributed by atoms with Crippen LogP contribution in [-0.2, 0) is 0 Å². The van der Waals surface area contributed by atoms with E-state index in [2.05, 4.69) is 4.98 Å². The summed E-state index contributed by atoms with van der Waals surface area (Å²) in [6.45, 7) is 0.715. The molecular formula is C11H12N2O. The van der Waals surface area contributed by atoms with Crippen molar-refractivity contribution in [3.05, 3.63) is 23.9 Å². The highest BCUT2D eigenvalue weighted by Gasteiger charge is 2.20. The molecule has 0 aromatic carbocycles. The zero-order valence-electron chi connectivity index (χ0n) is 7.94. The first-order valence-electron chi connectivity index (χ1n) is 4.88. The summed E-state index contributed by atoms with van der Waals surface area (Å²) in [5.41, 5.74) is 0.411. The SMILES string of the molecule is N#Cc1cccc(OCCC2CC2)n1. The third-order valence-electron chi connectivity index (χ3n) is 2.31. The molecule has 1 saturated carbocycles. The van der Waals surface area contributed by atoms with Crippen LogP contribution in [0.25, 0.3) is 0 Å². The Morgan fingerprint density at radius 1 is 1.50 bits per heavy atom. The van der Waals surface area contributed by atoms with Crippen LogP contribution in [0.2, 0.25) is 0 Å². The number of aromatic nitrogens is 1. The zero-order valence-corrected chi connectivity index (χ0v) is 7.94. The Kier molecular flexibility index (Phi) is 2.64. The van der Waals surface area contributed by atoms with Crippen molar-refractivity contribution in [1.29, 1.82) is 5.26 Å². The summed E-state index contributed by atoms with van der Waals surface area (Å²) in [6, 6.07) is 7.24. The summed E-state index contributed by atoms with van der Waals surface area (Å²) in [4.78, 5) is 4.03. The number of rotatable bonds is 4. The van der Waals surface area contributed by atoms with Gasteiger partial charge in [0.25, 0.3) is 0 Å². The van der Waals surface area contributed by atoms with E-state index in [1.807, 2.05) is 6.07 Å². The van der Waals surface area contributed by atoms with E-state index in [4.69, 9.17) is 10.00 Å². The summed E-state index contributed by atoms with van der Waals surface area (Å²) < 4.78 is 5.44. The highest BCUT2D eigenvalue weighted by molar-refractivity contribution is 5.24. The fourth-order valence-corrected chi connectivity index (χ4v) is 1.29. The van der Waals surface area contributed by atoms with Gasteiger partial charge in [-0.3, -0.25) is 0 Å². The van der Waals surface area contributed by atoms with E-state index >= 15 is 0 Å². The molecule has 1 aliphatic carbocycles. The first-order valence-corrected chi connectivity index (χ1v) is 4.88. The molecule has 1 aliphatic rings. The zero-order chi connectivity index (χ0) is 9.80. The van der Waals surface area contributed by atoms with Gasteiger partial charge in [-0.25, -0.2) is 4.98 Å². The lowest BCUT2D eigenvalue weighted by atomic mass is 10.3. The maximum atomic E-state index is 8.62. The van der Waals surface area contributed by atoms with Crippen molar-refractivity contribution in [3.63, 3.8) is 0 Å². The predicted octanol–water partition coefficient (Wildman–Crippen LogP) is 2.13. The van der Waals surface area contributed by atoms with Crippen LogP contribution in [0.4, 0.5) is 0 Å². The van der Waals surface area contributed by atoms with E-state index in [0.29, 0.717) is 18.2 Å². The number of hydrogen-bond donors (Lipinski definition) is 0. The van der Waals surface area contributed by atoms with Gasteiger partial charge in [0.1, 0.15) is 11.8 Å². The second-order valence-electron chi connectivity index (χ2n) is 3.55. The van der Waals surface area contributed by atoms with E-state index in [1.54, 1.807) is 18.2 Å². The van der Waals surface area contributed by atoms with Crippen molar-refractivity contribution < 1.29 is 4.74 Å². The molecule has 0 unspecified atom stereocenters. The van der Waals surface area contributed by atoms with Crippen LogP contribution in [-0.4, -0.2) is 11.6 Å². The summed E-state index contributed by atoms with van der Waals surface area (Å²) in [7, 11) is 0. The molecule has 3 nitrogen and oxygen atoms in total. The van der Waals surface area contributed by atoms with Crippen molar-refractivity contribution >= 4 is 0 Å². The van der Waals surface area contributed by atoms with Crippen molar-refractivity contribution in [2.24, 2.45) is 5.92 Å².